The third-order valence-electron chi connectivity index (χ3n) is 3.24. The number of amides is 1. The molecule has 0 bridgehead atoms. The van der Waals surface area contributed by atoms with E-state index in [2.05, 4.69) is 24.1 Å². The van der Waals surface area contributed by atoms with E-state index in [1.54, 1.807) is 24.3 Å². The topological polar surface area (TPSA) is 91.3 Å². The van der Waals surface area contributed by atoms with Gasteiger partial charge >= 0.3 is 0 Å². The predicted molar refractivity (Wildman–Crippen MR) is 89.7 cm³/mol. The van der Waals surface area contributed by atoms with Gasteiger partial charge in [-0.15, -0.1) is 0 Å². The minimum Gasteiger partial charge on any atom is -0.768 e. The van der Waals surface area contributed by atoms with E-state index in [0.29, 0.717) is 29.7 Å². The van der Waals surface area contributed by atoms with Crippen LogP contribution in [-0.4, -0.2) is 26.2 Å². The van der Waals surface area contributed by atoms with Crippen molar-refractivity contribution >= 4 is 17.0 Å². The van der Waals surface area contributed by atoms with E-state index in [1.165, 1.54) is 18.3 Å². The molecule has 1 heterocycles. The summed E-state index contributed by atoms with van der Waals surface area (Å²) in [6, 6.07) is 9.19. The Balaban J connectivity index is 1.94. The summed E-state index contributed by atoms with van der Waals surface area (Å²) >= 11 is -2.26. The van der Waals surface area contributed by atoms with Crippen LogP contribution >= 0.6 is 0 Å². The fourth-order valence-electron chi connectivity index (χ4n) is 1.89. The fourth-order valence-corrected chi connectivity index (χ4v) is 2.25. The lowest BCUT2D eigenvalue weighted by Gasteiger charge is -2.09. The van der Waals surface area contributed by atoms with Gasteiger partial charge in [-0.1, -0.05) is 13.8 Å². The molecule has 0 saturated carbocycles. The van der Waals surface area contributed by atoms with E-state index < -0.39 is 11.1 Å². The summed E-state index contributed by atoms with van der Waals surface area (Å²) in [6.45, 7) is 4.82. The number of hydrogen-bond donors (Lipinski definition) is 1. The average molecular weight is 347 g/mol. The molecule has 0 spiro atoms. The highest BCUT2D eigenvalue weighted by Gasteiger charge is 2.07. The number of benzene rings is 1. The van der Waals surface area contributed by atoms with Gasteiger partial charge in [-0.25, -0.2) is 4.98 Å². The molecule has 1 N–H and O–H groups in total. The maximum atomic E-state index is 11.9. The van der Waals surface area contributed by atoms with Crippen LogP contribution in [0.5, 0.6) is 11.6 Å². The molecule has 0 fully saturated rings. The van der Waals surface area contributed by atoms with E-state index >= 15 is 0 Å². The Morgan fingerprint density at radius 1 is 1.25 bits per heavy atom. The number of nitrogens with one attached hydrogen (secondary N) is 1. The van der Waals surface area contributed by atoms with Crippen LogP contribution in [0, 0.1) is 5.92 Å². The Kier molecular flexibility index (Phi) is 6.45. The summed E-state index contributed by atoms with van der Waals surface area (Å²) in [7, 11) is 0. The first kappa shape index (κ1) is 18.1. The van der Waals surface area contributed by atoms with Gasteiger partial charge < -0.3 is 14.6 Å². The number of nitrogens with zero attached hydrogens (tertiary/aromatic N) is 1. The van der Waals surface area contributed by atoms with Crippen molar-refractivity contribution in [2.75, 3.05) is 6.54 Å². The van der Waals surface area contributed by atoms with E-state index in [0.717, 1.165) is 6.42 Å². The Hall–Kier alpha value is -2.25. The van der Waals surface area contributed by atoms with Gasteiger partial charge in [0.1, 0.15) is 5.75 Å². The second-order valence-corrected chi connectivity index (χ2v) is 6.57. The number of carbonyl (C=O) groups excluding carboxylic acids is 1. The predicted octanol–water partition coefficient (Wildman–Crippen LogP) is 2.89. The minimum atomic E-state index is -2.26. The summed E-state index contributed by atoms with van der Waals surface area (Å²) in [4.78, 5) is 16.2. The first-order chi connectivity index (χ1) is 11.5. The zero-order valence-corrected chi connectivity index (χ0v) is 14.3. The summed E-state index contributed by atoms with van der Waals surface area (Å²) < 4.78 is 27.1. The van der Waals surface area contributed by atoms with Gasteiger partial charge in [0.25, 0.3) is 5.91 Å². The number of pyridine rings is 1. The molecule has 0 aliphatic heterocycles. The Labute approximate surface area is 143 Å². The summed E-state index contributed by atoms with van der Waals surface area (Å²) in [5, 5.41) is 2.84. The molecule has 1 unspecified atom stereocenters. The summed E-state index contributed by atoms with van der Waals surface area (Å²) in [5.74, 6) is 1.15. The standard InChI is InChI=1S/C17H20N2O4S/c1-12(2)9-10-18-17(20)13-3-8-16(19-11-13)23-14-4-6-15(7-5-14)24(21)22/h3-8,11-12H,9-10H2,1-2H3,(H,18,20)(H,21,22)/p-1. The highest BCUT2D eigenvalue weighted by molar-refractivity contribution is 7.79. The molecule has 0 aliphatic rings. The van der Waals surface area contributed by atoms with Gasteiger partial charge in [0.05, 0.1) is 5.56 Å². The molecule has 1 aromatic heterocycles. The quantitative estimate of drug-likeness (QED) is 0.778. The van der Waals surface area contributed by atoms with Crippen LogP contribution in [0.3, 0.4) is 0 Å². The van der Waals surface area contributed by atoms with Gasteiger partial charge in [0.2, 0.25) is 5.88 Å². The highest BCUT2D eigenvalue weighted by Crippen LogP contribution is 2.20. The van der Waals surface area contributed by atoms with Gasteiger partial charge in [-0.3, -0.25) is 9.00 Å². The van der Waals surface area contributed by atoms with Gasteiger partial charge in [0.15, 0.2) is 0 Å². The first-order valence-electron chi connectivity index (χ1n) is 7.57. The average Bonchev–Trinajstić information content (AvgIpc) is 2.55. The molecule has 24 heavy (non-hydrogen) atoms. The Morgan fingerprint density at radius 2 is 1.96 bits per heavy atom. The van der Waals surface area contributed by atoms with Crippen molar-refractivity contribution in [1.82, 2.24) is 10.3 Å². The van der Waals surface area contributed by atoms with Crippen molar-refractivity contribution in [2.24, 2.45) is 5.92 Å². The smallest absolute Gasteiger partial charge is 0.252 e. The molecule has 1 amide bonds. The van der Waals surface area contributed by atoms with Crippen LogP contribution < -0.4 is 10.1 Å². The zero-order chi connectivity index (χ0) is 17.5. The van der Waals surface area contributed by atoms with Crippen LogP contribution in [0.1, 0.15) is 30.6 Å². The van der Waals surface area contributed by atoms with Gasteiger partial charge in [-0.2, -0.15) is 0 Å². The van der Waals surface area contributed by atoms with Crippen LogP contribution in [0.4, 0.5) is 0 Å². The van der Waals surface area contributed by atoms with Gasteiger partial charge in [-0.05, 0) is 53.8 Å². The number of aromatic nitrogens is 1. The van der Waals surface area contributed by atoms with E-state index in [4.69, 9.17) is 4.74 Å². The lowest BCUT2D eigenvalue weighted by atomic mass is 10.1. The molecule has 6 nitrogen and oxygen atoms in total. The number of ether oxygens (including phenoxy) is 1. The van der Waals surface area contributed by atoms with Crippen molar-refractivity contribution in [3.8, 4) is 11.6 Å². The second kappa shape index (κ2) is 8.56. The summed E-state index contributed by atoms with van der Waals surface area (Å²) in [6.07, 6.45) is 2.37. The maximum absolute atomic E-state index is 11.9. The van der Waals surface area contributed by atoms with Gasteiger partial charge in [0, 0.05) is 23.7 Å². The summed E-state index contributed by atoms with van der Waals surface area (Å²) in [5.41, 5.74) is 0.461. The molecule has 2 rings (SSSR count). The molecule has 7 heteroatoms. The first-order valence-corrected chi connectivity index (χ1v) is 8.64. The third kappa shape index (κ3) is 5.43. The lowest BCUT2D eigenvalue weighted by molar-refractivity contribution is 0.0951. The molecular weight excluding hydrogens is 328 g/mol. The number of carbonyl (C=O) groups is 1. The van der Waals surface area contributed by atoms with E-state index in [9.17, 15) is 13.6 Å². The van der Waals surface area contributed by atoms with Crippen molar-refractivity contribution in [3.63, 3.8) is 0 Å². The maximum Gasteiger partial charge on any atom is 0.252 e. The monoisotopic (exact) mass is 347 g/mol. The normalized spacial score (nSPS) is 12.0. The van der Waals surface area contributed by atoms with Crippen molar-refractivity contribution in [1.29, 1.82) is 0 Å². The second-order valence-electron chi connectivity index (χ2n) is 5.63. The molecule has 1 aromatic carbocycles. The molecule has 0 radical (unpaired) electrons. The SMILES string of the molecule is CC(C)CCNC(=O)c1ccc(Oc2ccc(S(=O)[O-])cc2)nc1. The van der Waals surface area contributed by atoms with Crippen LogP contribution in [0.25, 0.3) is 0 Å². The van der Waals surface area contributed by atoms with E-state index in [1.807, 2.05) is 0 Å². The number of rotatable bonds is 7. The minimum absolute atomic E-state index is 0.169. The zero-order valence-electron chi connectivity index (χ0n) is 13.5. The molecule has 0 saturated heterocycles. The van der Waals surface area contributed by atoms with E-state index in [-0.39, 0.29) is 10.8 Å². The van der Waals surface area contributed by atoms with Crippen molar-refractivity contribution in [2.45, 2.75) is 25.2 Å². The molecule has 0 aliphatic carbocycles. The Morgan fingerprint density at radius 3 is 2.50 bits per heavy atom. The van der Waals surface area contributed by atoms with Crippen molar-refractivity contribution < 1.29 is 18.3 Å². The van der Waals surface area contributed by atoms with Crippen LogP contribution in [0.2, 0.25) is 0 Å². The van der Waals surface area contributed by atoms with Crippen LogP contribution in [-0.2, 0) is 11.1 Å². The highest BCUT2D eigenvalue weighted by atomic mass is 32.2. The number of hydrogen-bond acceptors (Lipinski definition) is 5. The molecular formula is C17H19N2O4S-. The molecule has 2 aromatic rings. The fraction of sp³-hybridized carbons (Fsp3) is 0.294. The third-order valence-corrected chi connectivity index (χ3v) is 3.90. The largest absolute Gasteiger partial charge is 0.768 e. The van der Waals surface area contributed by atoms with Crippen molar-refractivity contribution in [3.05, 3.63) is 48.2 Å². The Bertz CT molecular complexity index is 700. The molecule has 1 atom stereocenters. The molecule has 128 valence electrons. The van der Waals surface area contributed by atoms with Crippen LogP contribution in [0.15, 0.2) is 47.5 Å². The lowest BCUT2D eigenvalue weighted by Crippen LogP contribution is -2.25.